The minimum Gasteiger partial charge on any atom is -0.497 e. The van der Waals surface area contributed by atoms with Crippen molar-refractivity contribution in [3.63, 3.8) is 0 Å². The van der Waals surface area contributed by atoms with Gasteiger partial charge in [0.2, 0.25) is 10.0 Å². The van der Waals surface area contributed by atoms with Gasteiger partial charge in [0.25, 0.3) is 0 Å². The van der Waals surface area contributed by atoms with Gasteiger partial charge in [-0.2, -0.15) is 0 Å². The van der Waals surface area contributed by atoms with Crippen molar-refractivity contribution in [2.75, 3.05) is 26.5 Å². The molecule has 0 saturated carbocycles. The average Bonchev–Trinajstić information content (AvgIpc) is 3.04. The molecule has 1 aliphatic rings. The lowest BCUT2D eigenvalue weighted by molar-refractivity contribution is 0.316. The number of methoxy groups -OCH3 is 1. The van der Waals surface area contributed by atoms with Crippen molar-refractivity contribution in [2.24, 2.45) is 0 Å². The van der Waals surface area contributed by atoms with Gasteiger partial charge < -0.3 is 4.74 Å². The minimum absolute atomic E-state index is 0.128. The van der Waals surface area contributed by atoms with Gasteiger partial charge in [0, 0.05) is 24.6 Å². The highest BCUT2D eigenvalue weighted by Crippen LogP contribution is 2.33. The highest BCUT2D eigenvalue weighted by molar-refractivity contribution is 7.88. The quantitative estimate of drug-likeness (QED) is 0.844. The Hall–Kier alpha value is -1.51. The maximum atomic E-state index is 11.7. The van der Waals surface area contributed by atoms with Gasteiger partial charge in [-0.05, 0) is 37.1 Å². The molecule has 1 saturated heterocycles. The number of hydrogen-bond donors (Lipinski definition) is 0. The third-order valence-electron chi connectivity index (χ3n) is 3.98. The normalized spacial score (nSPS) is 19.7. The van der Waals surface area contributed by atoms with E-state index in [0.717, 1.165) is 34.2 Å². The summed E-state index contributed by atoms with van der Waals surface area (Å²) in [5.74, 6) is 0.928. The fraction of sp³-hybridized carbons (Fsp3) is 0.467. The lowest BCUT2D eigenvalue weighted by Crippen LogP contribution is -2.38. The van der Waals surface area contributed by atoms with Gasteiger partial charge in [0.15, 0.2) is 0 Å². The summed E-state index contributed by atoms with van der Waals surface area (Å²) in [5.41, 5.74) is 0.991. The first kappa shape index (κ1) is 16.4. The van der Waals surface area contributed by atoms with E-state index in [1.807, 2.05) is 24.3 Å². The Morgan fingerprint density at radius 3 is 2.65 bits per heavy atom. The summed E-state index contributed by atoms with van der Waals surface area (Å²) in [5, 5.41) is 10.3. The molecule has 23 heavy (non-hydrogen) atoms. The fourth-order valence-electron chi connectivity index (χ4n) is 2.70. The second kappa shape index (κ2) is 6.54. The molecule has 3 rings (SSSR count). The van der Waals surface area contributed by atoms with Crippen LogP contribution in [-0.4, -0.2) is 49.4 Å². The van der Waals surface area contributed by atoms with Crippen molar-refractivity contribution in [1.29, 1.82) is 0 Å². The highest BCUT2D eigenvalue weighted by Gasteiger charge is 2.29. The topological polar surface area (TPSA) is 72.4 Å². The van der Waals surface area contributed by atoms with E-state index in [1.165, 1.54) is 21.9 Å². The van der Waals surface area contributed by atoms with Crippen LogP contribution in [0.15, 0.2) is 24.3 Å². The predicted molar refractivity (Wildman–Crippen MR) is 90.3 cm³/mol. The minimum atomic E-state index is -3.14. The molecule has 0 amide bonds. The monoisotopic (exact) mass is 353 g/mol. The van der Waals surface area contributed by atoms with E-state index in [0.29, 0.717) is 13.1 Å². The molecule has 1 aliphatic heterocycles. The summed E-state index contributed by atoms with van der Waals surface area (Å²) >= 11 is 1.53. The third kappa shape index (κ3) is 3.70. The molecule has 2 aromatic rings. The SMILES string of the molecule is COc1ccc(-c2nnc([C@H]3CCCN(S(C)(=O)=O)C3)s2)cc1. The summed E-state index contributed by atoms with van der Waals surface area (Å²) in [6.45, 7) is 1.09. The van der Waals surface area contributed by atoms with E-state index >= 15 is 0 Å². The molecule has 2 heterocycles. The molecule has 6 nitrogen and oxygen atoms in total. The van der Waals surface area contributed by atoms with Crippen molar-refractivity contribution in [3.8, 4) is 16.3 Å². The molecule has 0 unspecified atom stereocenters. The molecule has 8 heteroatoms. The number of ether oxygens (including phenoxy) is 1. The second-order valence-corrected chi connectivity index (χ2v) is 8.63. The van der Waals surface area contributed by atoms with E-state index in [9.17, 15) is 8.42 Å². The Morgan fingerprint density at radius 1 is 1.26 bits per heavy atom. The molecule has 1 atom stereocenters. The van der Waals surface area contributed by atoms with Crippen LogP contribution in [-0.2, 0) is 10.0 Å². The molecule has 1 aromatic carbocycles. The number of benzene rings is 1. The Labute approximate surface area is 140 Å². The molecule has 0 aliphatic carbocycles. The molecule has 124 valence electrons. The van der Waals surface area contributed by atoms with Gasteiger partial charge in [0.05, 0.1) is 13.4 Å². The Bertz CT molecular complexity index is 772. The van der Waals surface area contributed by atoms with E-state index < -0.39 is 10.0 Å². The van der Waals surface area contributed by atoms with Crippen LogP contribution in [0.4, 0.5) is 0 Å². The van der Waals surface area contributed by atoms with Crippen molar-refractivity contribution < 1.29 is 13.2 Å². The zero-order valence-electron chi connectivity index (χ0n) is 13.1. The maximum absolute atomic E-state index is 11.7. The second-order valence-electron chi connectivity index (χ2n) is 5.63. The van der Waals surface area contributed by atoms with E-state index in [1.54, 1.807) is 7.11 Å². The van der Waals surface area contributed by atoms with Crippen LogP contribution in [0.1, 0.15) is 23.8 Å². The summed E-state index contributed by atoms with van der Waals surface area (Å²) in [6, 6.07) is 7.68. The summed E-state index contributed by atoms with van der Waals surface area (Å²) in [4.78, 5) is 0. The molecule has 1 fully saturated rings. The van der Waals surface area contributed by atoms with E-state index in [2.05, 4.69) is 10.2 Å². The summed E-state index contributed by atoms with van der Waals surface area (Å²) < 4.78 is 30.2. The van der Waals surface area contributed by atoms with E-state index in [4.69, 9.17) is 4.74 Å². The van der Waals surface area contributed by atoms with Crippen LogP contribution in [0, 0.1) is 0 Å². The lowest BCUT2D eigenvalue weighted by Gasteiger charge is -2.29. The van der Waals surface area contributed by atoms with Gasteiger partial charge in [-0.25, -0.2) is 12.7 Å². The van der Waals surface area contributed by atoms with Crippen LogP contribution in [0.2, 0.25) is 0 Å². The van der Waals surface area contributed by atoms with Crippen LogP contribution in [0.25, 0.3) is 10.6 Å². The van der Waals surface area contributed by atoms with Crippen molar-refractivity contribution in [2.45, 2.75) is 18.8 Å². The number of hydrogen-bond acceptors (Lipinski definition) is 6. The zero-order chi connectivity index (χ0) is 16.4. The first-order valence-electron chi connectivity index (χ1n) is 7.40. The number of sulfonamides is 1. The zero-order valence-corrected chi connectivity index (χ0v) is 14.7. The molecular weight excluding hydrogens is 334 g/mol. The number of aromatic nitrogens is 2. The average molecular weight is 353 g/mol. The molecular formula is C15H19N3O3S2. The van der Waals surface area contributed by atoms with Gasteiger partial charge in [-0.1, -0.05) is 11.3 Å². The molecule has 0 radical (unpaired) electrons. The van der Waals surface area contributed by atoms with Crippen molar-refractivity contribution in [3.05, 3.63) is 29.3 Å². The largest absolute Gasteiger partial charge is 0.497 e. The molecule has 0 spiro atoms. The summed E-state index contributed by atoms with van der Waals surface area (Å²) in [6.07, 6.45) is 3.07. The first-order valence-corrected chi connectivity index (χ1v) is 10.1. The number of nitrogens with zero attached hydrogens (tertiary/aromatic N) is 3. The van der Waals surface area contributed by atoms with Gasteiger partial charge in [0.1, 0.15) is 15.8 Å². The Balaban J connectivity index is 1.78. The van der Waals surface area contributed by atoms with Gasteiger partial charge >= 0.3 is 0 Å². The van der Waals surface area contributed by atoms with Crippen LogP contribution >= 0.6 is 11.3 Å². The van der Waals surface area contributed by atoms with Crippen molar-refractivity contribution >= 4 is 21.4 Å². The van der Waals surface area contributed by atoms with Gasteiger partial charge in [-0.3, -0.25) is 0 Å². The summed E-state index contributed by atoms with van der Waals surface area (Å²) in [7, 11) is -1.51. The number of piperidine rings is 1. The van der Waals surface area contributed by atoms with E-state index in [-0.39, 0.29) is 5.92 Å². The third-order valence-corrected chi connectivity index (χ3v) is 6.38. The van der Waals surface area contributed by atoms with Crippen molar-refractivity contribution in [1.82, 2.24) is 14.5 Å². The highest BCUT2D eigenvalue weighted by atomic mass is 32.2. The predicted octanol–water partition coefficient (Wildman–Crippen LogP) is 2.35. The number of rotatable bonds is 4. The molecule has 0 bridgehead atoms. The fourth-order valence-corrected chi connectivity index (χ4v) is 4.58. The maximum Gasteiger partial charge on any atom is 0.211 e. The lowest BCUT2D eigenvalue weighted by atomic mass is 10.0. The first-order chi connectivity index (χ1) is 11.0. The molecule has 1 aromatic heterocycles. The standard InChI is InChI=1S/C15H19N3O3S2/c1-21-13-7-5-11(6-8-13)14-16-17-15(22-14)12-4-3-9-18(10-12)23(2,19)20/h5-8,12H,3-4,9-10H2,1-2H3/t12-/m0/s1. The smallest absolute Gasteiger partial charge is 0.211 e. The van der Waals surface area contributed by atoms with Gasteiger partial charge in [-0.15, -0.1) is 10.2 Å². The van der Waals surface area contributed by atoms with Crippen LogP contribution < -0.4 is 4.74 Å². The van der Waals surface area contributed by atoms with Crippen LogP contribution in [0.5, 0.6) is 5.75 Å². The Kier molecular flexibility index (Phi) is 4.65. The van der Waals surface area contributed by atoms with Crippen LogP contribution in [0.3, 0.4) is 0 Å². The molecule has 0 N–H and O–H groups in total. The Morgan fingerprint density at radius 2 is 2.00 bits per heavy atom.